The van der Waals surface area contributed by atoms with Crippen molar-refractivity contribution >= 4 is 35.8 Å². The van der Waals surface area contributed by atoms with Crippen LogP contribution in [0, 0.1) is 0 Å². The molecule has 148 valence electrons. The molecule has 0 bridgehead atoms. The molecule has 0 aliphatic heterocycles. The molecule has 0 unspecified atom stereocenters. The number of hydrogen-bond donors (Lipinski definition) is 3. The van der Waals surface area contributed by atoms with Gasteiger partial charge in [0.1, 0.15) is 0 Å². The fourth-order valence-electron chi connectivity index (χ4n) is 2.14. The first-order valence-electron chi connectivity index (χ1n) is 9.13. The van der Waals surface area contributed by atoms with Gasteiger partial charge in [-0.05, 0) is 31.4 Å². The van der Waals surface area contributed by atoms with Crippen molar-refractivity contribution in [2.24, 2.45) is 4.99 Å². The highest BCUT2D eigenvalue weighted by Gasteiger charge is 2.03. The highest BCUT2D eigenvalue weighted by Crippen LogP contribution is 1.97. The molecule has 0 atom stereocenters. The highest BCUT2D eigenvalue weighted by molar-refractivity contribution is 14.0. The molecule has 1 amide bonds. The van der Waals surface area contributed by atoms with E-state index < -0.39 is 0 Å². The molecule has 1 rings (SSSR count). The first kappa shape index (κ1) is 24.7. The number of nitrogens with zero attached hydrogens (tertiary/aromatic N) is 1. The molecular weight excluding hydrogens is 443 g/mol. The summed E-state index contributed by atoms with van der Waals surface area (Å²) in [6, 6.07) is 9.25. The second-order valence-corrected chi connectivity index (χ2v) is 5.72. The fraction of sp³-hybridized carbons (Fsp3) is 0.579. The Bertz CT molecular complexity index is 498. The van der Waals surface area contributed by atoms with Crippen LogP contribution in [0.5, 0.6) is 0 Å². The predicted molar refractivity (Wildman–Crippen MR) is 119 cm³/mol. The number of amides is 1. The molecule has 0 saturated carbocycles. The lowest BCUT2D eigenvalue weighted by molar-refractivity contribution is 0.0953. The maximum Gasteiger partial charge on any atom is 0.251 e. The van der Waals surface area contributed by atoms with E-state index in [1.165, 1.54) is 6.42 Å². The van der Waals surface area contributed by atoms with Gasteiger partial charge in [-0.1, -0.05) is 31.5 Å². The number of halogens is 1. The number of benzene rings is 1. The third-order valence-corrected chi connectivity index (χ3v) is 3.59. The number of carbonyl (C=O) groups is 1. The van der Waals surface area contributed by atoms with Crippen molar-refractivity contribution in [1.29, 1.82) is 0 Å². The van der Waals surface area contributed by atoms with E-state index in [-0.39, 0.29) is 29.9 Å². The van der Waals surface area contributed by atoms with Crippen LogP contribution in [0.15, 0.2) is 35.3 Å². The summed E-state index contributed by atoms with van der Waals surface area (Å²) in [5, 5.41) is 9.41. The molecule has 1 aromatic rings. The number of guanidine groups is 1. The van der Waals surface area contributed by atoms with Gasteiger partial charge >= 0.3 is 0 Å². The van der Waals surface area contributed by atoms with E-state index in [1.54, 1.807) is 7.05 Å². The summed E-state index contributed by atoms with van der Waals surface area (Å²) in [6.45, 7) is 5.99. The van der Waals surface area contributed by atoms with E-state index in [4.69, 9.17) is 4.74 Å². The van der Waals surface area contributed by atoms with Crippen LogP contribution in [0.3, 0.4) is 0 Å². The molecule has 26 heavy (non-hydrogen) atoms. The maximum atomic E-state index is 11.9. The van der Waals surface area contributed by atoms with Crippen molar-refractivity contribution in [2.45, 2.75) is 32.6 Å². The summed E-state index contributed by atoms with van der Waals surface area (Å²) < 4.78 is 5.52. The van der Waals surface area contributed by atoms with Crippen LogP contribution in [0.1, 0.15) is 43.0 Å². The summed E-state index contributed by atoms with van der Waals surface area (Å²) in [4.78, 5) is 16.1. The Morgan fingerprint density at radius 2 is 1.58 bits per heavy atom. The van der Waals surface area contributed by atoms with Crippen LogP contribution < -0.4 is 16.0 Å². The number of ether oxygens (including phenoxy) is 1. The quantitative estimate of drug-likeness (QED) is 0.188. The number of rotatable bonds is 12. The second-order valence-electron chi connectivity index (χ2n) is 5.72. The van der Waals surface area contributed by atoms with Crippen molar-refractivity contribution in [3.8, 4) is 0 Å². The van der Waals surface area contributed by atoms with E-state index in [1.807, 2.05) is 30.3 Å². The first-order chi connectivity index (χ1) is 12.3. The second kappa shape index (κ2) is 17.1. The highest BCUT2D eigenvalue weighted by atomic mass is 127. The van der Waals surface area contributed by atoms with E-state index in [9.17, 15) is 4.79 Å². The van der Waals surface area contributed by atoms with Crippen LogP contribution in [0.4, 0.5) is 0 Å². The molecule has 0 aromatic heterocycles. The summed E-state index contributed by atoms with van der Waals surface area (Å²) in [5.41, 5.74) is 0.689. The minimum absolute atomic E-state index is 0. The Labute approximate surface area is 174 Å². The molecule has 7 heteroatoms. The topological polar surface area (TPSA) is 74.8 Å². The third-order valence-electron chi connectivity index (χ3n) is 3.59. The van der Waals surface area contributed by atoms with E-state index in [0.717, 1.165) is 51.5 Å². The van der Waals surface area contributed by atoms with Crippen molar-refractivity contribution in [1.82, 2.24) is 16.0 Å². The Hall–Kier alpha value is -1.35. The van der Waals surface area contributed by atoms with Crippen LogP contribution in [0.2, 0.25) is 0 Å². The minimum Gasteiger partial charge on any atom is -0.381 e. The third kappa shape index (κ3) is 12.1. The van der Waals surface area contributed by atoms with Gasteiger partial charge in [-0.2, -0.15) is 0 Å². The van der Waals surface area contributed by atoms with Crippen molar-refractivity contribution < 1.29 is 9.53 Å². The van der Waals surface area contributed by atoms with Crippen LogP contribution in [0.25, 0.3) is 0 Å². The van der Waals surface area contributed by atoms with Crippen LogP contribution in [-0.4, -0.2) is 51.8 Å². The zero-order chi connectivity index (χ0) is 18.2. The number of aliphatic imine (C=N–C) groups is 1. The van der Waals surface area contributed by atoms with E-state index >= 15 is 0 Å². The molecule has 0 radical (unpaired) electrons. The number of nitrogens with one attached hydrogen (secondary N) is 3. The van der Waals surface area contributed by atoms with Gasteiger partial charge in [0.05, 0.1) is 0 Å². The number of unbranched alkanes of at least 4 members (excludes halogenated alkanes) is 1. The van der Waals surface area contributed by atoms with Gasteiger partial charge in [-0.15, -0.1) is 24.0 Å². The Balaban J connectivity index is 0.00000625. The molecule has 0 heterocycles. The Kier molecular flexibility index (Phi) is 16.2. The van der Waals surface area contributed by atoms with Gasteiger partial charge < -0.3 is 20.7 Å². The average Bonchev–Trinajstić information content (AvgIpc) is 2.65. The monoisotopic (exact) mass is 476 g/mol. The Morgan fingerprint density at radius 1 is 0.962 bits per heavy atom. The Morgan fingerprint density at radius 3 is 2.23 bits per heavy atom. The lowest BCUT2D eigenvalue weighted by atomic mass is 10.2. The minimum atomic E-state index is -0.0359. The average molecular weight is 476 g/mol. The molecule has 1 aromatic carbocycles. The fourth-order valence-corrected chi connectivity index (χ4v) is 2.14. The lowest BCUT2D eigenvalue weighted by Gasteiger charge is -2.12. The molecular formula is C19H33IN4O2. The largest absolute Gasteiger partial charge is 0.381 e. The molecule has 6 nitrogen and oxygen atoms in total. The van der Waals surface area contributed by atoms with Gasteiger partial charge in [0, 0.05) is 45.5 Å². The smallest absolute Gasteiger partial charge is 0.251 e. The van der Waals surface area contributed by atoms with Gasteiger partial charge in [0.15, 0.2) is 5.96 Å². The van der Waals surface area contributed by atoms with Gasteiger partial charge in [0.25, 0.3) is 5.91 Å². The SMILES string of the molecule is CCCCOCCCNC(=NC)NCCCNC(=O)c1ccccc1.I. The van der Waals surface area contributed by atoms with Gasteiger partial charge in [-0.25, -0.2) is 0 Å². The summed E-state index contributed by atoms with van der Waals surface area (Å²) in [7, 11) is 1.75. The maximum absolute atomic E-state index is 11.9. The van der Waals surface area contributed by atoms with E-state index in [2.05, 4.69) is 27.9 Å². The first-order valence-corrected chi connectivity index (χ1v) is 9.13. The normalized spacial score (nSPS) is 10.8. The zero-order valence-corrected chi connectivity index (χ0v) is 18.3. The summed E-state index contributed by atoms with van der Waals surface area (Å²) in [5.74, 6) is 0.745. The van der Waals surface area contributed by atoms with E-state index in [0.29, 0.717) is 12.1 Å². The summed E-state index contributed by atoms with van der Waals surface area (Å²) >= 11 is 0. The van der Waals surface area contributed by atoms with Crippen LogP contribution in [-0.2, 0) is 4.74 Å². The molecule has 0 fully saturated rings. The molecule has 3 N–H and O–H groups in total. The summed E-state index contributed by atoms with van der Waals surface area (Å²) in [6.07, 6.45) is 4.08. The predicted octanol–water partition coefficient (Wildman–Crippen LogP) is 2.80. The molecule has 0 spiro atoms. The standard InChI is InChI=1S/C19H32N4O2.HI/c1-3-4-15-25-16-9-14-23-19(20-2)22-13-8-12-21-18(24)17-10-6-5-7-11-17;/h5-7,10-11H,3-4,8-9,12-16H2,1-2H3,(H,21,24)(H2,20,22,23);1H. The number of hydrogen-bond acceptors (Lipinski definition) is 3. The number of carbonyl (C=O) groups excluding carboxylic acids is 1. The van der Waals surface area contributed by atoms with Crippen LogP contribution >= 0.6 is 24.0 Å². The van der Waals surface area contributed by atoms with Crippen molar-refractivity contribution in [3.63, 3.8) is 0 Å². The molecule has 0 aliphatic rings. The van der Waals surface area contributed by atoms with Crippen molar-refractivity contribution in [2.75, 3.05) is 39.9 Å². The van der Waals surface area contributed by atoms with Gasteiger partial charge in [-0.3, -0.25) is 9.79 Å². The molecule has 0 aliphatic carbocycles. The zero-order valence-electron chi connectivity index (χ0n) is 15.9. The molecule has 0 saturated heterocycles. The van der Waals surface area contributed by atoms with Gasteiger partial charge in [0.2, 0.25) is 0 Å². The van der Waals surface area contributed by atoms with Crippen molar-refractivity contribution in [3.05, 3.63) is 35.9 Å². The lowest BCUT2D eigenvalue weighted by Crippen LogP contribution is -2.39.